The molecule has 0 aromatic heterocycles. The number of carbonyl (C=O) groups is 2. The summed E-state index contributed by atoms with van der Waals surface area (Å²) in [6.45, 7) is 1.92. The highest BCUT2D eigenvalue weighted by Gasteiger charge is 2.22. The number of anilines is 2. The third kappa shape index (κ3) is 5.90. The summed E-state index contributed by atoms with van der Waals surface area (Å²) in [7, 11) is 0. The van der Waals surface area contributed by atoms with Gasteiger partial charge in [0.1, 0.15) is 6.04 Å². The average molecular weight is 450 g/mol. The van der Waals surface area contributed by atoms with Gasteiger partial charge in [-0.05, 0) is 35.7 Å². The van der Waals surface area contributed by atoms with Crippen LogP contribution in [0.5, 0.6) is 0 Å². The lowest BCUT2D eigenvalue weighted by Gasteiger charge is -2.20. The van der Waals surface area contributed by atoms with Gasteiger partial charge in [-0.1, -0.05) is 97.1 Å². The summed E-state index contributed by atoms with van der Waals surface area (Å²) in [6, 6.07) is 33.5. The van der Waals surface area contributed by atoms with Gasteiger partial charge in [0.05, 0.1) is 0 Å². The van der Waals surface area contributed by atoms with Crippen LogP contribution in [0, 0.1) is 6.92 Å². The van der Waals surface area contributed by atoms with Crippen molar-refractivity contribution in [3.05, 3.63) is 120 Å². The van der Waals surface area contributed by atoms with Crippen molar-refractivity contribution >= 4 is 23.3 Å². The highest BCUT2D eigenvalue weighted by molar-refractivity contribution is 6.01. The zero-order valence-corrected chi connectivity index (χ0v) is 19.0. The van der Waals surface area contributed by atoms with Gasteiger partial charge < -0.3 is 16.0 Å². The average Bonchev–Trinajstić information content (AvgIpc) is 2.86. The van der Waals surface area contributed by atoms with Crippen LogP contribution in [0.15, 0.2) is 109 Å². The Kier molecular flexibility index (Phi) is 7.35. The molecule has 1 unspecified atom stereocenters. The van der Waals surface area contributed by atoms with E-state index in [9.17, 15) is 9.59 Å². The predicted octanol–water partition coefficient (Wildman–Crippen LogP) is 6.03. The summed E-state index contributed by atoms with van der Waals surface area (Å²) in [4.78, 5) is 26.2. The fraction of sp³-hybridized carbons (Fsp3) is 0.103. The second-order valence-electron chi connectivity index (χ2n) is 8.06. The third-order valence-electron chi connectivity index (χ3n) is 5.57. The largest absolute Gasteiger partial charge is 0.326 e. The van der Waals surface area contributed by atoms with Gasteiger partial charge in [0.2, 0.25) is 5.91 Å². The number of nitrogens with one attached hydrogen (secondary N) is 3. The van der Waals surface area contributed by atoms with Crippen LogP contribution in [0.4, 0.5) is 16.2 Å². The molecule has 4 aromatic rings. The molecular weight excluding hydrogens is 422 g/mol. The minimum Gasteiger partial charge on any atom is -0.326 e. The molecule has 0 radical (unpaired) electrons. The predicted molar refractivity (Wildman–Crippen MR) is 138 cm³/mol. The minimum atomic E-state index is -0.768. The van der Waals surface area contributed by atoms with Crippen molar-refractivity contribution in [1.82, 2.24) is 5.32 Å². The molecule has 0 aliphatic carbocycles. The van der Waals surface area contributed by atoms with E-state index in [1.165, 1.54) is 0 Å². The zero-order chi connectivity index (χ0) is 23.8. The van der Waals surface area contributed by atoms with Crippen LogP contribution in [0.1, 0.15) is 11.1 Å². The molecule has 0 spiro atoms. The van der Waals surface area contributed by atoms with E-state index in [-0.39, 0.29) is 5.91 Å². The summed E-state index contributed by atoms with van der Waals surface area (Å²) in [5.41, 5.74) is 5.21. The molecule has 1 atom stereocenters. The normalized spacial score (nSPS) is 11.3. The maximum absolute atomic E-state index is 13.4. The van der Waals surface area contributed by atoms with Crippen molar-refractivity contribution in [2.45, 2.75) is 19.4 Å². The summed E-state index contributed by atoms with van der Waals surface area (Å²) in [5, 5.41) is 8.74. The minimum absolute atomic E-state index is 0.285. The van der Waals surface area contributed by atoms with E-state index in [0.717, 1.165) is 22.3 Å². The lowest BCUT2D eigenvalue weighted by molar-refractivity contribution is -0.117. The number of urea groups is 1. The molecule has 3 N–H and O–H groups in total. The van der Waals surface area contributed by atoms with Gasteiger partial charge in [-0.15, -0.1) is 0 Å². The third-order valence-corrected chi connectivity index (χ3v) is 5.57. The number of rotatable bonds is 7. The van der Waals surface area contributed by atoms with Crippen molar-refractivity contribution in [2.24, 2.45) is 0 Å². The smallest absolute Gasteiger partial charge is 0.319 e. The van der Waals surface area contributed by atoms with E-state index in [2.05, 4.69) is 16.0 Å². The second-order valence-corrected chi connectivity index (χ2v) is 8.06. The molecule has 5 heteroatoms. The molecule has 0 aliphatic heterocycles. The number of para-hydroxylation sites is 2. The van der Waals surface area contributed by atoms with Crippen LogP contribution in [0.3, 0.4) is 0 Å². The monoisotopic (exact) mass is 449 g/mol. The Morgan fingerprint density at radius 3 is 1.97 bits per heavy atom. The first kappa shape index (κ1) is 22.8. The summed E-state index contributed by atoms with van der Waals surface area (Å²) in [5.74, 6) is -0.285. The van der Waals surface area contributed by atoms with Crippen molar-refractivity contribution in [2.75, 3.05) is 10.6 Å². The molecule has 4 aromatic carbocycles. The van der Waals surface area contributed by atoms with Crippen LogP contribution in [-0.2, 0) is 11.2 Å². The molecule has 0 fully saturated rings. The Bertz CT molecular complexity index is 1260. The number of hydrogen-bond acceptors (Lipinski definition) is 2. The number of aryl methyl sites for hydroxylation is 1. The Labute approximate surface area is 199 Å². The van der Waals surface area contributed by atoms with E-state index < -0.39 is 12.1 Å². The van der Waals surface area contributed by atoms with Gasteiger partial charge in [-0.2, -0.15) is 0 Å². The molecule has 170 valence electrons. The molecule has 4 rings (SSSR count). The topological polar surface area (TPSA) is 70.2 Å². The molecule has 0 bridgehead atoms. The van der Waals surface area contributed by atoms with Crippen molar-refractivity contribution in [3.8, 4) is 11.1 Å². The lowest BCUT2D eigenvalue weighted by Crippen LogP contribution is -2.47. The molecule has 0 aliphatic rings. The van der Waals surface area contributed by atoms with Crippen LogP contribution in [0.2, 0.25) is 0 Å². The second kappa shape index (κ2) is 11.0. The van der Waals surface area contributed by atoms with Gasteiger partial charge >= 0.3 is 6.03 Å². The van der Waals surface area contributed by atoms with Crippen molar-refractivity contribution in [1.29, 1.82) is 0 Å². The zero-order valence-electron chi connectivity index (χ0n) is 19.0. The van der Waals surface area contributed by atoms with Crippen molar-refractivity contribution < 1.29 is 9.59 Å². The van der Waals surface area contributed by atoms with Crippen LogP contribution >= 0.6 is 0 Å². The van der Waals surface area contributed by atoms with Gasteiger partial charge in [0.15, 0.2) is 0 Å². The quantitative estimate of drug-likeness (QED) is 0.322. The first-order valence-electron chi connectivity index (χ1n) is 11.2. The van der Waals surface area contributed by atoms with Gasteiger partial charge in [0, 0.05) is 23.4 Å². The standard InChI is InChI=1S/C29H27N3O2/c1-21-12-8-10-18-25(21)31-29(34)32-27(20-22-13-4-2-5-14-22)28(33)30-26-19-11-9-17-24(26)23-15-6-3-7-16-23/h2-19,27H,20H2,1H3,(H,30,33)(H2,31,32,34). The molecular formula is C29H27N3O2. The van der Waals surface area contributed by atoms with E-state index >= 15 is 0 Å². The highest BCUT2D eigenvalue weighted by atomic mass is 16.2. The van der Waals surface area contributed by atoms with Crippen LogP contribution < -0.4 is 16.0 Å². The number of benzene rings is 4. The van der Waals surface area contributed by atoms with Crippen LogP contribution in [0.25, 0.3) is 11.1 Å². The number of amides is 3. The summed E-state index contributed by atoms with van der Waals surface area (Å²) >= 11 is 0. The Morgan fingerprint density at radius 2 is 1.26 bits per heavy atom. The molecule has 0 heterocycles. The molecule has 5 nitrogen and oxygen atoms in total. The summed E-state index contributed by atoms with van der Waals surface area (Å²) < 4.78 is 0. The van der Waals surface area contributed by atoms with Gasteiger partial charge in [-0.25, -0.2) is 4.79 Å². The lowest BCUT2D eigenvalue weighted by atomic mass is 10.0. The summed E-state index contributed by atoms with van der Waals surface area (Å²) in [6.07, 6.45) is 0.362. The fourth-order valence-electron chi connectivity index (χ4n) is 3.77. The Balaban J connectivity index is 1.55. The van der Waals surface area contributed by atoms with E-state index in [4.69, 9.17) is 0 Å². The highest BCUT2D eigenvalue weighted by Crippen LogP contribution is 2.27. The first-order valence-corrected chi connectivity index (χ1v) is 11.2. The van der Waals surface area contributed by atoms with Crippen LogP contribution in [-0.4, -0.2) is 18.0 Å². The van der Waals surface area contributed by atoms with Gasteiger partial charge in [-0.3, -0.25) is 4.79 Å². The first-order chi connectivity index (χ1) is 16.6. The number of hydrogen-bond donors (Lipinski definition) is 3. The Morgan fingerprint density at radius 1 is 0.676 bits per heavy atom. The molecule has 3 amide bonds. The molecule has 0 saturated heterocycles. The maximum Gasteiger partial charge on any atom is 0.319 e. The van der Waals surface area contributed by atoms with E-state index in [1.54, 1.807) is 0 Å². The van der Waals surface area contributed by atoms with E-state index in [1.807, 2.05) is 116 Å². The molecule has 34 heavy (non-hydrogen) atoms. The van der Waals surface area contributed by atoms with Gasteiger partial charge in [0.25, 0.3) is 0 Å². The number of carbonyl (C=O) groups excluding carboxylic acids is 2. The maximum atomic E-state index is 13.4. The molecule has 0 saturated carbocycles. The van der Waals surface area contributed by atoms with Crippen molar-refractivity contribution in [3.63, 3.8) is 0 Å². The fourth-order valence-corrected chi connectivity index (χ4v) is 3.77. The van der Waals surface area contributed by atoms with E-state index in [0.29, 0.717) is 17.8 Å². The Hall–Kier alpha value is -4.38. The SMILES string of the molecule is Cc1ccccc1NC(=O)NC(Cc1ccccc1)C(=O)Nc1ccccc1-c1ccccc1.